The molecule has 1 heterocycles. The van der Waals surface area contributed by atoms with Crippen LogP contribution in [-0.2, 0) is 0 Å². The van der Waals surface area contributed by atoms with Crippen molar-refractivity contribution in [2.24, 2.45) is 15.3 Å². The number of benzene rings is 1. The lowest BCUT2D eigenvalue weighted by molar-refractivity contribution is -0.384. The molecular weight excluding hydrogens is 298 g/mol. The number of nitro groups is 1. The van der Waals surface area contributed by atoms with Crippen molar-refractivity contribution < 1.29 is 4.92 Å². The van der Waals surface area contributed by atoms with Gasteiger partial charge in [-0.2, -0.15) is 5.10 Å². The highest BCUT2D eigenvalue weighted by Gasteiger charge is 2.03. The Morgan fingerprint density at radius 2 is 1.78 bits per heavy atom. The van der Waals surface area contributed by atoms with E-state index in [2.05, 4.69) is 30.7 Å². The molecule has 2 aromatic rings. The summed E-state index contributed by atoms with van der Waals surface area (Å²) in [7, 11) is 0. The van der Waals surface area contributed by atoms with E-state index in [1.54, 1.807) is 19.1 Å². The number of non-ortho nitro benzene ring substituents is 1. The lowest BCUT2D eigenvalue weighted by Gasteiger charge is -2.00. The first-order valence-electron chi connectivity index (χ1n) is 6.73. The summed E-state index contributed by atoms with van der Waals surface area (Å²) in [5.41, 5.74) is 4.98. The molecule has 118 valence electrons. The number of nitrogens with one attached hydrogen (secondary N) is 1. The van der Waals surface area contributed by atoms with Crippen LogP contribution in [0.1, 0.15) is 18.3 Å². The number of nitro benzene ring substituents is 1. The van der Waals surface area contributed by atoms with Crippen molar-refractivity contribution in [2.75, 3.05) is 5.43 Å². The number of rotatable bonds is 4. The average Bonchev–Trinajstić information content (AvgIpc) is 2.50. The Hall–Kier alpha value is -3.23. The minimum absolute atomic E-state index is 0.0166. The van der Waals surface area contributed by atoms with Crippen LogP contribution < -0.4 is 5.43 Å². The smallest absolute Gasteiger partial charge is 0.269 e. The molecule has 1 aromatic heterocycles. The molecule has 0 spiro atoms. The fraction of sp³-hybridized carbons (Fsp3) is 0.214. The molecule has 23 heavy (non-hydrogen) atoms. The van der Waals surface area contributed by atoms with Gasteiger partial charge in [-0.15, -0.1) is 10.2 Å². The predicted octanol–water partition coefficient (Wildman–Crippen LogP) is 3.53. The average molecular weight is 313 g/mol. The van der Waals surface area contributed by atoms with Crippen LogP contribution in [0, 0.1) is 24.0 Å². The number of aryl methyl sites for hydroxylation is 2. The second-order valence-electron chi connectivity index (χ2n) is 4.73. The summed E-state index contributed by atoms with van der Waals surface area (Å²) in [4.78, 5) is 18.4. The largest absolute Gasteiger partial charge is 0.277 e. The number of hydrazone groups is 1. The van der Waals surface area contributed by atoms with Gasteiger partial charge in [-0.1, -0.05) is 0 Å². The molecule has 0 saturated carbocycles. The first-order chi connectivity index (χ1) is 10.9. The molecule has 0 bridgehead atoms. The van der Waals surface area contributed by atoms with Crippen LogP contribution in [0.15, 0.2) is 45.7 Å². The van der Waals surface area contributed by atoms with Gasteiger partial charge < -0.3 is 0 Å². The molecule has 0 aliphatic rings. The number of nitrogens with zero attached hydrogens (tertiary/aromatic N) is 6. The zero-order chi connectivity index (χ0) is 16.8. The van der Waals surface area contributed by atoms with Crippen LogP contribution in [0.25, 0.3) is 0 Å². The Labute approximate surface area is 132 Å². The maximum atomic E-state index is 10.6. The molecule has 0 aliphatic carbocycles. The molecular formula is C14H15N7O2. The van der Waals surface area contributed by atoms with E-state index in [4.69, 9.17) is 0 Å². The standard InChI is InChI=1S/C14H15N7O2/c1-9-8-10(2)16-14(15-9)20-18-11(3)17-19-12-4-6-13(7-5-12)21(22)23/h4-8,19H,1-3H3. The number of amidine groups is 1. The molecule has 0 aliphatic heterocycles. The molecule has 9 heteroatoms. The highest BCUT2D eigenvalue weighted by atomic mass is 16.6. The molecule has 9 nitrogen and oxygen atoms in total. The van der Waals surface area contributed by atoms with Gasteiger partial charge in [0.25, 0.3) is 11.6 Å². The third-order valence-corrected chi connectivity index (χ3v) is 2.68. The first-order valence-corrected chi connectivity index (χ1v) is 6.73. The lowest BCUT2D eigenvalue weighted by atomic mass is 10.3. The molecule has 0 fully saturated rings. The fourth-order valence-corrected chi connectivity index (χ4v) is 1.69. The zero-order valence-corrected chi connectivity index (χ0v) is 12.9. The summed E-state index contributed by atoms with van der Waals surface area (Å²) in [6.45, 7) is 5.36. The highest BCUT2D eigenvalue weighted by molar-refractivity contribution is 5.80. The Bertz CT molecular complexity index is 749. The summed E-state index contributed by atoms with van der Waals surface area (Å²) < 4.78 is 0. The molecule has 2 rings (SSSR count). The molecule has 1 N–H and O–H groups in total. The van der Waals surface area contributed by atoms with Gasteiger partial charge in [0.05, 0.1) is 10.6 Å². The lowest BCUT2D eigenvalue weighted by Crippen LogP contribution is -1.95. The van der Waals surface area contributed by atoms with Gasteiger partial charge >= 0.3 is 0 Å². The van der Waals surface area contributed by atoms with E-state index < -0.39 is 4.92 Å². The van der Waals surface area contributed by atoms with Gasteiger partial charge in [-0.25, -0.2) is 9.97 Å². The van der Waals surface area contributed by atoms with Crippen LogP contribution in [0.2, 0.25) is 0 Å². The molecule has 0 unspecified atom stereocenters. The van der Waals surface area contributed by atoms with Crippen molar-refractivity contribution in [1.29, 1.82) is 0 Å². The van der Waals surface area contributed by atoms with Crippen molar-refractivity contribution in [1.82, 2.24) is 9.97 Å². The minimum atomic E-state index is -0.462. The van der Waals surface area contributed by atoms with Gasteiger partial charge in [0, 0.05) is 23.5 Å². The third-order valence-electron chi connectivity index (χ3n) is 2.68. The van der Waals surface area contributed by atoms with Gasteiger partial charge in [0.2, 0.25) is 0 Å². The maximum absolute atomic E-state index is 10.6. The Morgan fingerprint density at radius 3 is 2.35 bits per heavy atom. The zero-order valence-electron chi connectivity index (χ0n) is 12.9. The van der Waals surface area contributed by atoms with Gasteiger partial charge in [-0.05, 0) is 39.0 Å². The van der Waals surface area contributed by atoms with Gasteiger partial charge in [-0.3, -0.25) is 15.5 Å². The van der Waals surface area contributed by atoms with Crippen molar-refractivity contribution in [3.05, 3.63) is 51.8 Å². The van der Waals surface area contributed by atoms with Crippen LogP contribution in [0.4, 0.5) is 17.3 Å². The van der Waals surface area contributed by atoms with E-state index in [-0.39, 0.29) is 11.6 Å². The van der Waals surface area contributed by atoms with E-state index in [1.807, 2.05) is 19.9 Å². The Balaban J connectivity index is 2.02. The number of anilines is 1. The van der Waals surface area contributed by atoms with E-state index in [0.29, 0.717) is 11.5 Å². The number of hydrogen-bond donors (Lipinski definition) is 1. The van der Waals surface area contributed by atoms with Gasteiger partial charge in [0.15, 0.2) is 5.84 Å². The highest BCUT2D eigenvalue weighted by Crippen LogP contribution is 2.15. The number of azo groups is 1. The molecule has 0 saturated heterocycles. The van der Waals surface area contributed by atoms with Crippen LogP contribution in [0.5, 0.6) is 0 Å². The normalized spacial score (nSPS) is 11.7. The SMILES string of the molecule is CC(N=Nc1nc(C)cc(C)n1)=NNc1ccc([N+](=O)[O-])cc1. The van der Waals surface area contributed by atoms with Crippen molar-refractivity contribution in [3.8, 4) is 0 Å². The Kier molecular flexibility index (Phi) is 5.03. The van der Waals surface area contributed by atoms with E-state index in [1.165, 1.54) is 12.1 Å². The molecule has 0 amide bonds. The number of aromatic nitrogens is 2. The minimum Gasteiger partial charge on any atom is -0.277 e. The summed E-state index contributed by atoms with van der Waals surface area (Å²) in [5, 5.41) is 22.4. The summed E-state index contributed by atoms with van der Waals surface area (Å²) in [5.74, 6) is 0.637. The van der Waals surface area contributed by atoms with Crippen LogP contribution in [-0.4, -0.2) is 20.7 Å². The van der Waals surface area contributed by atoms with E-state index in [9.17, 15) is 10.1 Å². The van der Waals surface area contributed by atoms with Gasteiger partial charge in [0.1, 0.15) is 0 Å². The van der Waals surface area contributed by atoms with E-state index in [0.717, 1.165) is 11.4 Å². The Morgan fingerprint density at radius 1 is 1.17 bits per heavy atom. The van der Waals surface area contributed by atoms with Crippen LogP contribution in [0.3, 0.4) is 0 Å². The second-order valence-corrected chi connectivity index (χ2v) is 4.73. The van der Waals surface area contributed by atoms with E-state index >= 15 is 0 Å². The summed E-state index contributed by atoms with van der Waals surface area (Å²) in [6, 6.07) is 7.73. The maximum Gasteiger partial charge on any atom is 0.269 e. The van der Waals surface area contributed by atoms with Crippen molar-refractivity contribution in [2.45, 2.75) is 20.8 Å². The summed E-state index contributed by atoms with van der Waals surface area (Å²) in [6.07, 6.45) is 0. The fourth-order valence-electron chi connectivity index (χ4n) is 1.69. The third kappa shape index (κ3) is 4.92. The topological polar surface area (TPSA) is 118 Å². The van der Waals surface area contributed by atoms with Crippen LogP contribution >= 0.6 is 0 Å². The monoisotopic (exact) mass is 313 g/mol. The first kappa shape index (κ1) is 16.1. The quantitative estimate of drug-likeness (QED) is 0.304. The van der Waals surface area contributed by atoms with Crippen molar-refractivity contribution in [3.63, 3.8) is 0 Å². The number of hydrogen-bond acceptors (Lipinski definition) is 7. The van der Waals surface area contributed by atoms with Crippen molar-refractivity contribution >= 4 is 23.2 Å². The predicted molar refractivity (Wildman–Crippen MR) is 85.9 cm³/mol. The summed E-state index contributed by atoms with van der Waals surface area (Å²) >= 11 is 0. The molecule has 1 aromatic carbocycles. The second kappa shape index (κ2) is 7.16. The molecule has 0 radical (unpaired) electrons. The molecule has 0 atom stereocenters.